The average Bonchev–Trinajstić information content (AvgIpc) is 2.72. The number of aliphatic hydroxyl groups is 1. The number of rotatable bonds is 4. The first-order valence-corrected chi connectivity index (χ1v) is 9.96. The Labute approximate surface area is 176 Å². The molecule has 0 aliphatic carbocycles. The Morgan fingerprint density at radius 3 is 2.65 bits per heavy atom. The van der Waals surface area contributed by atoms with Gasteiger partial charge in [-0.25, -0.2) is 4.98 Å². The molecule has 3 aromatic rings. The Bertz CT molecular complexity index is 1150. The fourth-order valence-electron chi connectivity index (χ4n) is 3.78. The lowest BCUT2D eigenvalue weighted by atomic mass is 9.98. The average molecular weight is 433 g/mol. The number of piperidine rings is 1. The maximum atomic E-state index is 13.2. The van der Waals surface area contributed by atoms with Gasteiger partial charge in [-0.15, -0.1) is 0 Å². The summed E-state index contributed by atoms with van der Waals surface area (Å²) in [5, 5.41) is 12.4. The van der Waals surface area contributed by atoms with Gasteiger partial charge in [0.2, 0.25) is 5.95 Å². The molecule has 3 N–H and O–H groups in total. The minimum atomic E-state index is -4.49. The highest BCUT2D eigenvalue weighted by Gasteiger charge is 2.31. The summed E-state index contributed by atoms with van der Waals surface area (Å²) in [5.74, 6) is 0.760. The van der Waals surface area contributed by atoms with Crippen molar-refractivity contribution >= 4 is 28.4 Å². The molecule has 0 amide bonds. The van der Waals surface area contributed by atoms with Crippen LogP contribution in [0, 0.1) is 12.8 Å². The highest BCUT2D eigenvalue weighted by Crippen LogP contribution is 2.33. The number of aromatic nitrogens is 3. The van der Waals surface area contributed by atoms with E-state index in [9.17, 15) is 23.1 Å². The SMILES string of the molecule is Cc1cc(Nc2nc(N3CCC(CO)CC3)nc3cc[nH]c(=O)c23)cc(C(F)(F)F)c1. The van der Waals surface area contributed by atoms with Crippen molar-refractivity contribution in [1.29, 1.82) is 0 Å². The molecule has 0 spiro atoms. The molecule has 0 radical (unpaired) electrons. The summed E-state index contributed by atoms with van der Waals surface area (Å²) in [5.41, 5.74) is -0.219. The number of fused-ring (bicyclic) bond motifs is 1. The van der Waals surface area contributed by atoms with Crippen molar-refractivity contribution in [3.8, 4) is 0 Å². The number of aliphatic hydroxyl groups excluding tert-OH is 1. The van der Waals surface area contributed by atoms with Crippen LogP contribution in [-0.2, 0) is 6.18 Å². The fraction of sp³-hybridized carbons (Fsp3) is 0.381. The van der Waals surface area contributed by atoms with Gasteiger partial charge in [-0.2, -0.15) is 18.2 Å². The second-order valence-corrected chi connectivity index (χ2v) is 7.76. The molecule has 2 aromatic heterocycles. The molecule has 0 saturated carbocycles. The van der Waals surface area contributed by atoms with Crippen LogP contribution >= 0.6 is 0 Å². The van der Waals surface area contributed by atoms with Crippen LogP contribution in [0.25, 0.3) is 10.9 Å². The number of pyridine rings is 1. The lowest BCUT2D eigenvalue weighted by Crippen LogP contribution is -2.36. The van der Waals surface area contributed by atoms with E-state index >= 15 is 0 Å². The Morgan fingerprint density at radius 2 is 1.97 bits per heavy atom. The normalized spacial score (nSPS) is 15.5. The number of nitrogens with zero attached hydrogens (tertiary/aromatic N) is 3. The van der Waals surface area contributed by atoms with Gasteiger partial charge in [-0.05, 0) is 55.5 Å². The minimum Gasteiger partial charge on any atom is -0.396 e. The first kappa shape index (κ1) is 21.1. The van der Waals surface area contributed by atoms with Gasteiger partial charge in [-0.3, -0.25) is 4.79 Å². The zero-order valence-electron chi connectivity index (χ0n) is 16.8. The van der Waals surface area contributed by atoms with E-state index in [0.717, 1.165) is 25.0 Å². The topological polar surface area (TPSA) is 94.1 Å². The van der Waals surface area contributed by atoms with Gasteiger partial charge in [0.05, 0.1) is 11.1 Å². The number of hydrogen-bond acceptors (Lipinski definition) is 6. The Balaban J connectivity index is 1.76. The van der Waals surface area contributed by atoms with E-state index in [-0.39, 0.29) is 29.4 Å². The Hall–Kier alpha value is -3.14. The van der Waals surface area contributed by atoms with Crippen molar-refractivity contribution in [2.45, 2.75) is 25.9 Å². The Kier molecular flexibility index (Phi) is 5.57. The molecule has 1 aliphatic heterocycles. The van der Waals surface area contributed by atoms with E-state index in [1.165, 1.54) is 6.20 Å². The third-order valence-corrected chi connectivity index (χ3v) is 5.43. The summed E-state index contributed by atoms with van der Waals surface area (Å²) < 4.78 is 39.7. The molecule has 4 rings (SSSR count). The molecule has 1 saturated heterocycles. The number of anilines is 3. The predicted octanol–water partition coefficient (Wildman–Crippen LogP) is 3.60. The molecule has 3 heterocycles. The molecule has 7 nitrogen and oxygen atoms in total. The van der Waals surface area contributed by atoms with Gasteiger partial charge in [-0.1, -0.05) is 0 Å². The van der Waals surface area contributed by atoms with Gasteiger partial charge < -0.3 is 20.3 Å². The number of nitrogens with one attached hydrogen (secondary N) is 2. The van der Waals surface area contributed by atoms with E-state index in [1.807, 2.05) is 4.90 Å². The van der Waals surface area contributed by atoms with Crippen LogP contribution in [-0.4, -0.2) is 39.8 Å². The van der Waals surface area contributed by atoms with Crippen LogP contribution in [0.2, 0.25) is 0 Å². The first-order valence-electron chi connectivity index (χ1n) is 9.96. The van der Waals surface area contributed by atoms with Gasteiger partial charge in [0.1, 0.15) is 11.2 Å². The zero-order valence-corrected chi connectivity index (χ0v) is 16.8. The van der Waals surface area contributed by atoms with Crippen molar-refractivity contribution in [2.75, 3.05) is 29.9 Å². The number of halogens is 3. The number of aromatic amines is 1. The molecule has 1 aliphatic rings. The van der Waals surface area contributed by atoms with E-state index < -0.39 is 17.3 Å². The highest BCUT2D eigenvalue weighted by atomic mass is 19.4. The molecule has 0 bridgehead atoms. The van der Waals surface area contributed by atoms with Crippen molar-refractivity contribution in [3.05, 3.63) is 51.9 Å². The lowest BCUT2D eigenvalue weighted by molar-refractivity contribution is -0.137. The summed E-state index contributed by atoms with van der Waals surface area (Å²) in [4.78, 5) is 26.0. The third-order valence-electron chi connectivity index (χ3n) is 5.43. The van der Waals surface area contributed by atoms with E-state index in [4.69, 9.17) is 0 Å². The van der Waals surface area contributed by atoms with E-state index in [0.29, 0.717) is 30.1 Å². The second-order valence-electron chi connectivity index (χ2n) is 7.76. The maximum absolute atomic E-state index is 13.2. The molecule has 1 aromatic carbocycles. The smallest absolute Gasteiger partial charge is 0.396 e. The van der Waals surface area contributed by atoms with Crippen molar-refractivity contribution in [1.82, 2.24) is 15.0 Å². The van der Waals surface area contributed by atoms with Crippen LogP contribution in [0.3, 0.4) is 0 Å². The van der Waals surface area contributed by atoms with Gasteiger partial charge in [0.15, 0.2) is 0 Å². The molecular weight excluding hydrogens is 411 g/mol. The number of H-pyrrole nitrogens is 1. The minimum absolute atomic E-state index is 0.128. The summed E-state index contributed by atoms with van der Waals surface area (Å²) >= 11 is 0. The summed E-state index contributed by atoms with van der Waals surface area (Å²) in [6.45, 7) is 2.98. The quantitative estimate of drug-likeness (QED) is 0.582. The largest absolute Gasteiger partial charge is 0.416 e. The molecule has 10 heteroatoms. The van der Waals surface area contributed by atoms with E-state index in [2.05, 4.69) is 20.3 Å². The van der Waals surface area contributed by atoms with Gasteiger partial charge in [0, 0.05) is 31.6 Å². The lowest BCUT2D eigenvalue weighted by Gasteiger charge is -2.31. The molecule has 0 unspecified atom stereocenters. The van der Waals surface area contributed by atoms with Crippen LogP contribution in [0.1, 0.15) is 24.0 Å². The number of hydrogen-bond donors (Lipinski definition) is 3. The molecule has 164 valence electrons. The zero-order chi connectivity index (χ0) is 22.2. The third kappa shape index (κ3) is 4.48. The van der Waals surface area contributed by atoms with Crippen LogP contribution in [0.5, 0.6) is 0 Å². The monoisotopic (exact) mass is 433 g/mol. The van der Waals surface area contributed by atoms with Gasteiger partial charge in [0.25, 0.3) is 5.56 Å². The standard InChI is InChI=1S/C21H22F3N5O2/c1-12-8-14(21(22,23)24)10-15(9-12)26-18-17-16(2-5-25-19(17)31)27-20(28-18)29-6-3-13(11-30)4-7-29/h2,5,8-10,13,30H,3-4,6-7,11H2,1H3,(H,25,31)(H,26,27,28). The van der Waals surface area contributed by atoms with Crippen molar-refractivity contribution < 1.29 is 18.3 Å². The molecule has 0 atom stereocenters. The number of alkyl halides is 3. The molecule has 1 fully saturated rings. The van der Waals surface area contributed by atoms with Crippen LogP contribution in [0.4, 0.5) is 30.6 Å². The highest BCUT2D eigenvalue weighted by molar-refractivity contribution is 5.91. The number of aryl methyl sites for hydroxylation is 1. The second kappa shape index (κ2) is 8.18. The van der Waals surface area contributed by atoms with Crippen LogP contribution < -0.4 is 15.8 Å². The van der Waals surface area contributed by atoms with Crippen molar-refractivity contribution in [2.24, 2.45) is 5.92 Å². The summed E-state index contributed by atoms with van der Waals surface area (Å²) in [6.07, 6.45) is -1.46. The van der Waals surface area contributed by atoms with Crippen LogP contribution in [0.15, 0.2) is 35.3 Å². The summed E-state index contributed by atoms with van der Waals surface area (Å²) in [7, 11) is 0. The Morgan fingerprint density at radius 1 is 1.23 bits per heavy atom. The van der Waals surface area contributed by atoms with E-state index in [1.54, 1.807) is 19.1 Å². The molecular formula is C21H22F3N5O2. The van der Waals surface area contributed by atoms with Crippen molar-refractivity contribution in [3.63, 3.8) is 0 Å². The predicted molar refractivity (Wildman–Crippen MR) is 112 cm³/mol. The fourth-order valence-corrected chi connectivity index (χ4v) is 3.78. The van der Waals surface area contributed by atoms with Gasteiger partial charge >= 0.3 is 6.18 Å². The maximum Gasteiger partial charge on any atom is 0.416 e. The molecule has 31 heavy (non-hydrogen) atoms. The number of benzene rings is 1. The first-order chi connectivity index (χ1) is 14.7. The summed E-state index contributed by atoms with van der Waals surface area (Å²) in [6, 6.07) is 5.25.